The largest absolute Gasteiger partial charge is 0.377 e. The van der Waals surface area contributed by atoms with Crippen LogP contribution < -0.4 is 0 Å². The van der Waals surface area contributed by atoms with Gasteiger partial charge in [0.2, 0.25) is 0 Å². The molecule has 1 atom stereocenters. The van der Waals surface area contributed by atoms with Crippen LogP contribution in [0.5, 0.6) is 0 Å². The van der Waals surface area contributed by atoms with Crippen LogP contribution in [0.3, 0.4) is 0 Å². The van der Waals surface area contributed by atoms with Crippen molar-refractivity contribution in [2.45, 2.75) is 25.9 Å². The van der Waals surface area contributed by atoms with Gasteiger partial charge in [0.1, 0.15) is 5.60 Å². The average Bonchev–Trinajstić information content (AvgIpc) is 2.65. The van der Waals surface area contributed by atoms with Gasteiger partial charge in [-0.05, 0) is 18.6 Å². The zero-order valence-electron chi connectivity index (χ0n) is 8.54. The summed E-state index contributed by atoms with van der Waals surface area (Å²) in [5.74, 6) is 5.95. The summed E-state index contributed by atoms with van der Waals surface area (Å²) in [4.78, 5) is 0. The fraction of sp³-hybridized carbons (Fsp3) is 0.385. The maximum absolute atomic E-state index is 9.94. The lowest BCUT2D eigenvalue weighted by atomic mass is 10.1. The first-order valence-corrected chi connectivity index (χ1v) is 4.84. The molecule has 0 saturated heterocycles. The van der Waals surface area contributed by atoms with Gasteiger partial charge >= 0.3 is 0 Å². The van der Waals surface area contributed by atoms with Crippen molar-refractivity contribution in [3.63, 3.8) is 0 Å². The summed E-state index contributed by atoms with van der Waals surface area (Å²) in [6, 6.07) is 9.76. The highest BCUT2D eigenvalue weighted by Gasteiger charge is 2.59. The molecule has 0 bridgehead atoms. The minimum Gasteiger partial charge on any atom is -0.377 e. The first-order valence-electron chi connectivity index (χ1n) is 4.84. The summed E-state index contributed by atoms with van der Waals surface area (Å²) in [5, 5.41) is 9.94. The van der Waals surface area contributed by atoms with Crippen LogP contribution in [0.4, 0.5) is 0 Å². The average molecular weight is 186 g/mol. The van der Waals surface area contributed by atoms with Crippen LogP contribution in [-0.2, 0) is 0 Å². The zero-order chi connectivity index (χ0) is 10.2. The Morgan fingerprint density at radius 1 is 1.21 bits per heavy atom. The van der Waals surface area contributed by atoms with E-state index in [0.29, 0.717) is 0 Å². The van der Waals surface area contributed by atoms with Crippen molar-refractivity contribution in [1.29, 1.82) is 0 Å². The van der Waals surface area contributed by atoms with Crippen LogP contribution in [0.1, 0.15) is 25.8 Å². The molecule has 0 unspecified atom stereocenters. The molecule has 1 aromatic rings. The third kappa shape index (κ3) is 1.54. The highest BCUT2D eigenvalue weighted by Crippen LogP contribution is 2.55. The SMILES string of the molecule is CC1(C)C[C@]1(O)C#Cc1ccccc1. The van der Waals surface area contributed by atoms with Crippen molar-refractivity contribution < 1.29 is 5.11 Å². The molecule has 1 aromatic carbocycles. The van der Waals surface area contributed by atoms with Crippen molar-refractivity contribution in [3.05, 3.63) is 35.9 Å². The summed E-state index contributed by atoms with van der Waals surface area (Å²) in [6.45, 7) is 4.07. The minimum absolute atomic E-state index is 0.0330. The van der Waals surface area contributed by atoms with E-state index in [9.17, 15) is 5.11 Å². The van der Waals surface area contributed by atoms with E-state index in [-0.39, 0.29) is 5.41 Å². The number of benzene rings is 1. The summed E-state index contributed by atoms with van der Waals surface area (Å²) >= 11 is 0. The molecule has 1 aliphatic rings. The molecule has 0 amide bonds. The number of hydrogen-bond donors (Lipinski definition) is 1. The van der Waals surface area contributed by atoms with Gasteiger partial charge < -0.3 is 5.11 Å². The third-order valence-electron chi connectivity index (χ3n) is 2.88. The normalized spacial score (nSPS) is 27.6. The molecule has 1 aliphatic carbocycles. The van der Waals surface area contributed by atoms with E-state index in [1.807, 2.05) is 44.2 Å². The Balaban J connectivity index is 2.17. The monoisotopic (exact) mass is 186 g/mol. The predicted molar refractivity (Wildman–Crippen MR) is 56.7 cm³/mol. The van der Waals surface area contributed by atoms with Gasteiger partial charge in [0.15, 0.2) is 0 Å². The van der Waals surface area contributed by atoms with Crippen molar-refractivity contribution in [3.8, 4) is 11.8 Å². The molecule has 1 saturated carbocycles. The Labute approximate surface area is 84.8 Å². The second kappa shape index (κ2) is 2.87. The number of rotatable bonds is 0. The maximum Gasteiger partial charge on any atom is 0.131 e. The Hall–Kier alpha value is -1.26. The van der Waals surface area contributed by atoms with Gasteiger partial charge in [-0.2, -0.15) is 0 Å². The number of aliphatic hydroxyl groups is 1. The van der Waals surface area contributed by atoms with Crippen molar-refractivity contribution in [1.82, 2.24) is 0 Å². The van der Waals surface area contributed by atoms with Crippen LogP contribution >= 0.6 is 0 Å². The summed E-state index contributed by atoms with van der Waals surface area (Å²) in [7, 11) is 0. The fourth-order valence-corrected chi connectivity index (χ4v) is 1.51. The lowest BCUT2D eigenvalue weighted by Gasteiger charge is -2.04. The molecular formula is C13H14O. The van der Waals surface area contributed by atoms with E-state index < -0.39 is 5.60 Å². The van der Waals surface area contributed by atoms with Crippen LogP contribution in [0.15, 0.2) is 30.3 Å². The Kier molecular flexibility index (Phi) is 1.90. The van der Waals surface area contributed by atoms with E-state index in [4.69, 9.17) is 0 Å². The Morgan fingerprint density at radius 2 is 1.79 bits per heavy atom. The minimum atomic E-state index is -0.761. The van der Waals surface area contributed by atoms with Gasteiger partial charge in [0, 0.05) is 11.0 Å². The Morgan fingerprint density at radius 3 is 2.29 bits per heavy atom. The fourth-order valence-electron chi connectivity index (χ4n) is 1.51. The molecule has 1 fully saturated rings. The molecular weight excluding hydrogens is 172 g/mol. The zero-order valence-corrected chi connectivity index (χ0v) is 8.54. The van der Waals surface area contributed by atoms with Crippen molar-refractivity contribution >= 4 is 0 Å². The molecule has 0 aliphatic heterocycles. The second-order valence-corrected chi connectivity index (χ2v) is 4.54. The Bertz CT molecular complexity index is 394. The number of hydrogen-bond acceptors (Lipinski definition) is 1. The quantitative estimate of drug-likeness (QED) is 0.616. The lowest BCUT2D eigenvalue weighted by Crippen LogP contribution is -2.12. The molecule has 2 rings (SSSR count). The van der Waals surface area contributed by atoms with Crippen LogP contribution in [0.25, 0.3) is 0 Å². The molecule has 14 heavy (non-hydrogen) atoms. The molecule has 0 heterocycles. The second-order valence-electron chi connectivity index (χ2n) is 4.54. The molecule has 72 valence electrons. The molecule has 1 nitrogen and oxygen atoms in total. The molecule has 0 radical (unpaired) electrons. The van der Waals surface area contributed by atoms with Crippen LogP contribution in [0.2, 0.25) is 0 Å². The van der Waals surface area contributed by atoms with Crippen LogP contribution in [0, 0.1) is 17.3 Å². The van der Waals surface area contributed by atoms with Gasteiger partial charge in [-0.25, -0.2) is 0 Å². The molecule has 1 N–H and O–H groups in total. The topological polar surface area (TPSA) is 20.2 Å². The van der Waals surface area contributed by atoms with Crippen molar-refractivity contribution in [2.75, 3.05) is 0 Å². The van der Waals surface area contributed by atoms with E-state index in [1.165, 1.54) is 0 Å². The van der Waals surface area contributed by atoms with E-state index in [1.54, 1.807) is 0 Å². The van der Waals surface area contributed by atoms with E-state index in [0.717, 1.165) is 12.0 Å². The highest BCUT2D eigenvalue weighted by atomic mass is 16.3. The third-order valence-corrected chi connectivity index (χ3v) is 2.88. The van der Waals surface area contributed by atoms with Gasteiger partial charge in [-0.3, -0.25) is 0 Å². The van der Waals surface area contributed by atoms with E-state index in [2.05, 4.69) is 11.8 Å². The molecule has 0 aromatic heterocycles. The first kappa shape index (κ1) is 9.30. The van der Waals surface area contributed by atoms with Gasteiger partial charge in [-0.1, -0.05) is 43.9 Å². The summed E-state index contributed by atoms with van der Waals surface area (Å²) in [5.41, 5.74) is 0.168. The summed E-state index contributed by atoms with van der Waals surface area (Å²) < 4.78 is 0. The van der Waals surface area contributed by atoms with E-state index >= 15 is 0 Å². The smallest absolute Gasteiger partial charge is 0.131 e. The highest BCUT2D eigenvalue weighted by molar-refractivity contribution is 5.40. The van der Waals surface area contributed by atoms with Crippen molar-refractivity contribution in [2.24, 2.45) is 5.41 Å². The first-order chi connectivity index (χ1) is 6.54. The predicted octanol–water partition coefficient (Wildman–Crippen LogP) is 2.20. The van der Waals surface area contributed by atoms with Crippen LogP contribution in [-0.4, -0.2) is 10.7 Å². The standard InChI is InChI=1S/C13H14O/c1-12(2)10-13(12,14)9-8-11-6-4-3-5-7-11/h3-7,14H,10H2,1-2H3/t13-/m1/s1. The molecule has 1 heteroatoms. The van der Waals surface area contributed by atoms with Gasteiger partial charge in [0.25, 0.3) is 0 Å². The van der Waals surface area contributed by atoms with Gasteiger partial charge in [0.05, 0.1) is 0 Å². The molecule has 0 spiro atoms. The lowest BCUT2D eigenvalue weighted by molar-refractivity contribution is 0.169. The van der Waals surface area contributed by atoms with Gasteiger partial charge in [-0.15, -0.1) is 0 Å². The summed E-state index contributed by atoms with van der Waals surface area (Å²) in [6.07, 6.45) is 0.778. The maximum atomic E-state index is 9.94.